The number of amides is 1. The molecule has 25 heavy (non-hydrogen) atoms. The molecule has 0 aliphatic heterocycles. The molecule has 0 saturated carbocycles. The highest BCUT2D eigenvalue weighted by atomic mass is 32.2. The zero-order valence-electron chi connectivity index (χ0n) is 14.7. The van der Waals surface area contributed by atoms with Crippen molar-refractivity contribution in [3.05, 3.63) is 35.4 Å². The number of esters is 1. The number of alkyl carbamates (subject to hydrolysis) is 1. The van der Waals surface area contributed by atoms with Gasteiger partial charge in [-0.05, 0) is 38.5 Å². The summed E-state index contributed by atoms with van der Waals surface area (Å²) in [5.41, 5.74) is 0.687. The zero-order chi connectivity index (χ0) is 19.0. The number of carbonyl (C=O) groups excluding carboxylic acids is 2. The molecular weight excluding hydrogens is 346 g/mol. The summed E-state index contributed by atoms with van der Waals surface area (Å²) in [5.74, 6) is -0.805. The number of carbonyl (C=O) groups is 3. The lowest BCUT2D eigenvalue weighted by Gasteiger charge is -2.21. The van der Waals surface area contributed by atoms with Crippen LogP contribution in [0.4, 0.5) is 4.79 Å². The van der Waals surface area contributed by atoms with Crippen LogP contribution in [0.15, 0.2) is 24.3 Å². The minimum atomic E-state index is -1.13. The number of carboxylic acids is 1. The van der Waals surface area contributed by atoms with Crippen molar-refractivity contribution in [2.24, 2.45) is 0 Å². The van der Waals surface area contributed by atoms with Crippen LogP contribution >= 0.6 is 11.8 Å². The van der Waals surface area contributed by atoms with Crippen molar-refractivity contribution in [2.45, 2.75) is 38.2 Å². The fourth-order valence-corrected chi connectivity index (χ4v) is 2.78. The molecule has 0 aliphatic carbocycles. The number of aliphatic carboxylic acids is 1. The molecule has 0 fully saturated rings. The monoisotopic (exact) mass is 369 g/mol. The Balaban J connectivity index is 2.51. The van der Waals surface area contributed by atoms with Gasteiger partial charge in [0.05, 0.1) is 12.7 Å². The van der Waals surface area contributed by atoms with Crippen LogP contribution in [0.2, 0.25) is 0 Å². The van der Waals surface area contributed by atoms with E-state index in [9.17, 15) is 19.5 Å². The Labute approximate surface area is 151 Å². The third kappa shape index (κ3) is 7.93. The highest BCUT2D eigenvalue weighted by molar-refractivity contribution is 7.98. The molecule has 2 N–H and O–H groups in total. The van der Waals surface area contributed by atoms with Crippen LogP contribution in [0.3, 0.4) is 0 Å². The molecule has 7 nitrogen and oxygen atoms in total. The van der Waals surface area contributed by atoms with E-state index in [1.807, 2.05) is 0 Å². The molecule has 0 heterocycles. The Bertz CT molecular complexity index is 609. The molecule has 138 valence electrons. The molecule has 8 heteroatoms. The van der Waals surface area contributed by atoms with Gasteiger partial charge in [-0.15, -0.1) is 0 Å². The summed E-state index contributed by atoms with van der Waals surface area (Å²) >= 11 is 1.36. The molecule has 0 aromatic heterocycles. The second-order valence-electron chi connectivity index (χ2n) is 6.24. The lowest BCUT2D eigenvalue weighted by Crippen LogP contribution is -2.44. The van der Waals surface area contributed by atoms with E-state index in [0.717, 1.165) is 5.56 Å². The van der Waals surface area contributed by atoms with E-state index < -0.39 is 29.7 Å². The summed E-state index contributed by atoms with van der Waals surface area (Å²) in [4.78, 5) is 34.3. The molecule has 0 aliphatic rings. The highest BCUT2D eigenvalue weighted by Gasteiger charge is 2.23. The van der Waals surface area contributed by atoms with Crippen molar-refractivity contribution in [3.63, 3.8) is 0 Å². The van der Waals surface area contributed by atoms with Gasteiger partial charge in [0.1, 0.15) is 11.6 Å². The Morgan fingerprint density at radius 3 is 2.28 bits per heavy atom. The van der Waals surface area contributed by atoms with Gasteiger partial charge in [-0.3, -0.25) is 0 Å². The van der Waals surface area contributed by atoms with Crippen LogP contribution < -0.4 is 5.32 Å². The maximum absolute atomic E-state index is 11.7. The molecule has 1 aromatic carbocycles. The van der Waals surface area contributed by atoms with Crippen LogP contribution in [-0.2, 0) is 20.0 Å². The van der Waals surface area contributed by atoms with Crippen LogP contribution in [0.1, 0.15) is 36.7 Å². The minimum Gasteiger partial charge on any atom is -0.480 e. The van der Waals surface area contributed by atoms with Gasteiger partial charge in [0.2, 0.25) is 0 Å². The smallest absolute Gasteiger partial charge is 0.408 e. The Kier molecular flexibility index (Phi) is 7.76. The van der Waals surface area contributed by atoms with E-state index in [0.29, 0.717) is 11.3 Å². The molecular formula is C17H23NO6S. The molecule has 0 spiro atoms. The number of nitrogens with one attached hydrogen (secondary N) is 1. The van der Waals surface area contributed by atoms with Gasteiger partial charge in [0.15, 0.2) is 0 Å². The first kappa shape index (κ1) is 20.8. The van der Waals surface area contributed by atoms with Crippen LogP contribution in [0.25, 0.3) is 0 Å². The summed E-state index contributed by atoms with van der Waals surface area (Å²) in [6.45, 7) is 5.11. The first-order chi connectivity index (χ1) is 11.6. The molecule has 1 aromatic rings. The standard InChI is InChI=1S/C17H23NO6S/c1-17(2,3)24-16(22)18-13(14(19)20)10-25-9-11-5-7-12(8-6-11)15(21)23-4/h5-8,13H,9-10H2,1-4H3,(H,18,22)(H,19,20). The number of ether oxygens (including phenoxy) is 2. The number of thioether (sulfide) groups is 1. The van der Waals surface area contributed by atoms with Gasteiger partial charge in [-0.1, -0.05) is 12.1 Å². The molecule has 1 atom stereocenters. The lowest BCUT2D eigenvalue weighted by atomic mass is 10.1. The number of benzene rings is 1. The molecule has 1 amide bonds. The van der Waals surface area contributed by atoms with Crippen molar-refractivity contribution < 1.29 is 29.0 Å². The van der Waals surface area contributed by atoms with E-state index in [1.165, 1.54) is 18.9 Å². The van der Waals surface area contributed by atoms with E-state index in [4.69, 9.17) is 4.74 Å². The summed E-state index contributed by atoms with van der Waals surface area (Å²) in [6, 6.07) is 5.80. The first-order valence-electron chi connectivity index (χ1n) is 7.59. The fraction of sp³-hybridized carbons (Fsp3) is 0.471. The summed E-state index contributed by atoms with van der Waals surface area (Å²) in [6.07, 6.45) is -0.761. The van der Waals surface area contributed by atoms with Crippen molar-refractivity contribution in [1.82, 2.24) is 5.32 Å². The molecule has 0 bridgehead atoms. The van der Waals surface area contributed by atoms with E-state index >= 15 is 0 Å². The van der Waals surface area contributed by atoms with Gasteiger partial charge in [-0.2, -0.15) is 11.8 Å². The van der Waals surface area contributed by atoms with Crippen molar-refractivity contribution in [2.75, 3.05) is 12.9 Å². The Morgan fingerprint density at radius 1 is 1.20 bits per heavy atom. The topological polar surface area (TPSA) is 102 Å². The number of methoxy groups -OCH3 is 1. The van der Waals surface area contributed by atoms with E-state index in [1.54, 1.807) is 45.0 Å². The third-order valence-electron chi connectivity index (χ3n) is 2.92. The number of rotatable bonds is 7. The quantitative estimate of drug-likeness (QED) is 0.712. The Morgan fingerprint density at radius 2 is 1.80 bits per heavy atom. The normalized spacial score (nSPS) is 12.2. The zero-order valence-corrected chi connectivity index (χ0v) is 15.5. The van der Waals surface area contributed by atoms with Crippen molar-refractivity contribution in [1.29, 1.82) is 0 Å². The van der Waals surface area contributed by atoms with E-state index in [-0.39, 0.29) is 5.75 Å². The SMILES string of the molecule is COC(=O)c1ccc(CSCC(NC(=O)OC(C)(C)C)C(=O)O)cc1. The predicted octanol–water partition coefficient (Wildman–Crippen LogP) is 2.68. The van der Waals surface area contributed by atoms with Crippen molar-refractivity contribution >= 4 is 29.8 Å². The van der Waals surface area contributed by atoms with Gasteiger partial charge in [0.25, 0.3) is 0 Å². The summed E-state index contributed by atoms with van der Waals surface area (Å²) in [5, 5.41) is 11.6. The van der Waals surface area contributed by atoms with Crippen LogP contribution in [0.5, 0.6) is 0 Å². The first-order valence-corrected chi connectivity index (χ1v) is 8.75. The van der Waals surface area contributed by atoms with E-state index in [2.05, 4.69) is 10.1 Å². The molecule has 1 rings (SSSR count). The lowest BCUT2D eigenvalue weighted by molar-refractivity contribution is -0.138. The molecule has 1 unspecified atom stereocenters. The number of hydrogen-bond acceptors (Lipinski definition) is 6. The molecule has 0 saturated heterocycles. The number of carboxylic acid groups (broad SMARTS) is 1. The fourth-order valence-electron chi connectivity index (χ4n) is 1.77. The van der Waals surface area contributed by atoms with Gasteiger partial charge in [0, 0.05) is 11.5 Å². The highest BCUT2D eigenvalue weighted by Crippen LogP contribution is 2.15. The van der Waals surface area contributed by atoms with Gasteiger partial charge >= 0.3 is 18.0 Å². The van der Waals surface area contributed by atoms with Crippen molar-refractivity contribution in [3.8, 4) is 0 Å². The Hall–Kier alpha value is -2.22. The minimum absolute atomic E-state index is 0.188. The second kappa shape index (κ2) is 9.31. The predicted molar refractivity (Wildman–Crippen MR) is 94.7 cm³/mol. The second-order valence-corrected chi connectivity index (χ2v) is 7.27. The summed E-state index contributed by atoms with van der Waals surface area (Å²) < 4.78 is 9.69. The maximum atomic E-state index is 11.7. The maximum Gasteiger partial charge on any atom is 0.408 e. The molecule has 0 radical (unpaired) electrons. The average molecular weight is 369 g/mol. The van der Waals surface area contributed by atoms with Gasteiger partial charge < -0.3 is 19.9 Å². The average Bonchev–Trinajstić information content (AvgIpc) is 2.52. The largest absolute Gasteiger partial charge is 0.480 e. The van der Waals surface area contributed by atoms with Crippen LogP contribution in [0, 0.1) is 0 Å². The third-order valence-corrected chi connectivity index (χ3v) is 4.02. The van der Waals surface area contributed by atoms with Gasteiger partial charge in [-0.25, -0.2) is 14.4 Å². The number of hydrogen-bond donors (Lipinski definition) is 2. The van der Waals surface area contributed by atoms with Crippen LogP contribution in [-0.4, -0.2) is 47.6 Å². The summed E-state index contributed by atoms with van der Waals surface area (Å²) in [7, 11) is 1.32.